The molecule has 0 saturated heterocycles. The Morgan fingerprint density at radius 3 is 2.61 bits per heavy atom. The van der Waals surface area contributed by atoms with Crippen molar-refractivity contribution < 1.29 is 14.2 Å². The largest absolute Gasteiger partial charge is 0.491 e. The van der Waals surface area contributed by atoms with Gasteiger partial charge in [0.1, 0.15) is 5.75 Å². The third-order valence-corrected chi connectivity index (χ3v) is 4.05. The molecule has 2 rings (SSSR count). The number of guanidine groups is 1. The summed E-state index contributed by atoms with van der Waals surface area (Å²) in [5.41, 5.74) is 0.959. The van der Waals surface area contributed by atoms with Gasteiger partial charge in [-0.15, -0.1) is 24.0 Å². The summed E-state index contributed by atoms with van der Waals surface area (Å²) in [4.78, 5) is 4.70. The molecule has 0 atom stereocenters. The van der Waals surface area contributed by atoms with Gasteiger partial charge in [-0.3, -0.25) is 9.67 Å². The summed E-state index contributed by atoms with van der Waals surface area (Å²) in [6, 6.07) is 9.83. The van der Waals surface area contributed by atoms with Crippen LogP contribution in [0.1, 0.15) is 26.7 Å². The molecule has 0 bridgehead atoms. The average molecular weight is 545 g/mol. The van der Waals surface area contributed by atoms with Crippen LogP contribution in [-0.2, 0) is 16.0 Å². The molecule has 1 aromatic carbocycles. The first-order valence-corrected chi connectivity index (χ1v) is 10.5. The Morgan fingerprint density at radius 1 is 1.13 bits per heavy atom. The van der Waals surface area contributed by atoms with E-state index in [2.05, 4.69) is 15.7 Å². The molecule has 0 aliphatic carbocycles. The van der Waals surface area contributed by atoms with Gasteiger partial charge in [0.25, 0.3) is 0 Å². The summed E-state index contributed by atoms with van der Waals surface area (Å²) < 4.78 is 18.1. The number of aromatic nitrogens is 2. The number of halogens is 1. The second-order valence-electron chi connectivity index (χ2n) is 7.05. The maximum Gasteiger partial charge on any atom is 0.195 e. The van der Waals surface area contributed by atoms with Crippen LogP contribution in [0.2, 0.25) is 0 Å². The molecule has 8 nitrogen and oxygen atoms in total. The van der Waals surface area contributed by atoms with E-state index < -0.39 is 0 Å². The molecular weight excluding hydrogens is 509 g/mol. The maximum atomic E-state index is 5.70. The average Bonchev–Trinajstić information content (AvgIpc) is 3.25. The summed E-state index contributed by atoms with van der Waals surface area (Å²) >= 11 is 0. The first-order valence-electron chi connectivity index (χ1n) is 10.5. The van der Waals surface area contributed by atoms with E-state index in [0.717, 1.165) is 43.3 Å². The molecule has 0 fully saturated rings. The number of aliphatic imine (C=N–C) groups is 1. The number of ether oxygens (including phenoxy) is 3. The third-order valence-electron chi connectivity index (χ3n) is 4.05. The monoisotopic (exact) mass is 545 g/mol. The Bertz CT molecular complexity index is 708. The number of aryl methyl sites for hydroxylation is 1. The minimum absolute atomic E-state index is 0. The van der Waals surface area contributed by atoms with Gasteiger partial charge in [-0.05, 0) is 57.0 Å². The highest BCUT2D eigenvalue weighted by molar-refractivity contribution is 14.0. The Hall–Kier alpha value is -1.85. The fraction of sp³-hybridized carbons (Fsp3) is 0.545. The number of benzene rings is 1. The van der Waals surface area contributed by atoms with Gasteiger partial charge in [0.15, 0.2) is 5.96 Å². The summed E-state index contributed by atoms with van der Waals surface area (Å²) in [6.45, 7) is 8.28. The SMILES string of the molecule is COCCOCCCNC(=NCCCn1cccn1)Nc1ccc(OC(C)C)cc1.I. The van der Waals surface area contributed by atoms with E-state index in [1.54, 1.807) is 13.3 Å². The van der Waals surface area contributed by atoms with Crippen molar-refractivity contribution in [2.45, 2.75) is 39.3 Å². The van der Waals surface area contributed by atoms with Crippen LogP contribution in [0, 0.1) is 0 Å². The van der Waals surface area contributed by atoms with Crippen molar-refractivity contribution in [1.82, 2.24) is 15.1 Å². The van der Waals surface area contributed by atoms with E-state index in [0.29, 0.717) is 26.4 Å². The van der Waals surface area contributed by atoms with E-state index in [1.165, 1.54) is 0 Å². The molecule has 0 radical (unpaired) electrons. The lowest BCUT2D eigenvalue weighted by molar-refractivity contribution is 0.0699. The summed E-state index contributed by atoms with van der Waals surface area (Å²) in [5, 5.41) is 11.0. The van der Waals surface area contributed by atoms with Gasteiger partial charge >= 0.3 is 0 Å². The molecule has 0 amide bonds. The summed E-state index contributed by atoms with van der Waals surface area (Å²) in [6.07, 6.45) is 5.71. The van der Waals surface area contributed by atoms with Crippen molar-refractivity contribution in [3.05, 3.63) is 42.7 Å². The van der Waals surface area contributed by atoms with Crippen LogP contribution in [0.4, 0.5) is 5.69 Å². The van der Waals surface area contributed by atoms with Crippen molar-refractivity contribution in [2.24, 2.45) is 4.99 Å². The summed E-state index contributed by atoms with van der Waals surface area (Å²) in [5.74, 6) is 1.61. The lowest BCUT2D eigenvalue weighted by Gasteiger charge is -2.14. The van der Waals surface area contributed by atoms with Crippen molar-refractivity contribution in [3.8, 4) is 5.75 Å². The number of nitrogens with one attached hydrogen (secondary N) is 2. The molecule has 31 heavy (non-hydrogen) atoms. The second kappa shape index (κ2) is 16.8. The number of anilines is 1. The van der Waals surface area contributed by atoms with Gasteiger partial charge in [-0.1, -0.05) is 0 Å². The highest BCUT2D eigenvalue weighted by Crippen LogP contribution is 2.16. The van der Waals surface area contributed by atoms with E-state index >= 15 is 0 Å². The predicted molar refractivity (Wildman–Crippen MR) is 136 cm³/mol. The number of hydrogen-bond donors (Lipinski definition) is 2. The molecule has 2 aromatic rings. The number of hydrogen-bond acceptors (Lipinski definition) is 5. The third kappa shape index (κ3) is 12.6. The van der Waals surface area contributed by atoms with E-state index in [-0.39, 0.29) is 30.1 Å². The topological polar surface area (TPSA) is 81.9 Å². The van der Waals surface area contributed by atoms with Crippen LogP contribution in [0.25, 0.3) is 0 Å². The first-order chi connectivity index (χ1) is 14.7. The van der Waals surface area contributed by atoms with Crippen LogP contribution < -0.4 is 15.4 Å². The standard InChI is InChI=1S/C22H35N5O3.HI/c1-19(2)30-21-9-7-20(8-10-21)26-22(24-12-6-16-29-18-17-28-3)23-11-4-14-27-15-5-13-25-27;/h5,7-10,13,15,19H,4,6,11-12,14,16-18H2,1-3H3,(H2,23,24,26);1H. The van der Waals surface area contributed by atoms with Gasteiger partial charge in [0.2, 0.25) is 0 Å². The fourth-order valence-electron chi connectivity index (χ4n) is 2.65. The fourth-order valence-corrected chi connectivity index (χ4v) is 2.65. The van der Waals surface area contributed by atoms with Crippen molar-refractivity contribution in [1.29, 1.82) is 0 Å². The predicted octanol–water partition coefficient (Wildman–Crippen LogP) is 3.79. The van der Waals surface area contributed by atoms with Crippen LogP contribution in [0.3, 0.4) is 0 Å². The van der Waals surface area contributed by atoms with Gasteiger partial charge in [0.05, 0.1) is 19.3 Å². The zero-order chi connectivity index (χ0) is 21.4. The molecular formula is C22H36IN5O3. The molecule has 2 N–H and O–H groups in total. The van der Waals surface area contributed by atoms with E-state index in [9.17, 15) is 0 Å². The minimum Gasteiger partial charge on any atom is -0.491 e. The smallest absolute Gasteiger partial charge is 0.195 e. The lowest BCUT2D eigenvalue weighted by Crippen LogP contribution is -2.32. The lowest BCUT2D eigenvalue weighted by atomic mass is 10.3. The maximum absolute atomic E-state index is 5.70. The zero-order valence-corrected chi connectivity index (χ0v) is 21.1. The van der Waals surface area contributed by atoms with Gasteiger partial charge in [-0.25, -0.2) is 0 Å². The Balaban J connectivity index is 0.00000480. The number of rotatable bonds is 14. The molecule has 9 heteroatoms. The normalized spacial score (nSPS) is 11.3. The quantitative estimate of drug-likeness (QED) is 0.163. The van der Waals surface area contributed by atoms with Crippen LogP contribution in [-0.4, -0.2) is 61.9 Å². The Morgan fingerprint density at radius 2 is 1.94 bits per heavy atom. The highest BCUT2D eigenvalue weighted by atomic mass is 127. The van der Waals surface area contributed by atoms with Crippen LogP contribution in [0.15, 0.2) is 47.7 Å². The summed E-state index contributed by atoms with van der Waals surface area (Å²) in [7, 11) is 1.67. The Labute approximate surface area is 202 Å². The molecule has 1 heterocycles. The van der Waals surface area contributed by atoms with Gasteiger partial charge < -0.3 is 24.8 Å². The van der Waals surface area contributed by atoms with Gasteiger partial charge in [0, 0.05) is 51.4 Å². The Kier molecular flexibility index (Phi) is 14.7. The highest BCUT2D eigenvalue weighted by Gasteiger charge is 2.02. The molecule has 174 valence electrons. The van der Waals surface area contributed by atoms with Crippen molar-refractivity contribution >= 4 is 35.6 Å². The minimum atomic E-state index is 0. The molecule has 0 aliphatic heterocycles. The molecule has 0 unspecified atom stereocenters. The second-order valence-corrected chi connectivity index (χ2v) is 7.05. The number of methoxy groups -OCH3 is 1. The van der Waals surface area contributed by atoms with Crippen LogP contribution in [0.5, 0.6) is 5.75 Å². The van der Waals surface area contributed by atoms with Crippen molar-refractivity contribution in [3.63, 3.8) is 0 Å². The molecule has 1 aromatic heterocycles. The molecule has 0 aliphatic rings. The number of nitrogens with zero attached hydrogens (tertiary/aromatic N) is 3. The zero-order valence-electron chi connectivity index (χ0n) is 18.8. The van der Waals surface area contributed by atoms with Crippen molar-refractivity contribution in [2.75, 3.05) is 45.3 Å². The van der Waals surface area contributed by atoms with Gasteiger partial charge in [-0.2, -0.15) is 5.10 Å². The van der Waals surface area contributed by atoms with E-state index in [1.807, 2.05) is 55.1 Å². The van der Waals surface area contributed by atoms with E-state index in [4.69, 9.17) is 19.2 Å². The van der Waals surface area contributed by atoms with Crippen LogP contribution >= 0.6 is 24.0 Å². The molecule has 0 spiro atoms. The first kappa shape index (κ1) is 27.2. The molecule has 0 saturated carbocycles.